The van der Waals surface area contributed by atoms with E-state index in [1.807, 2.05) is 6.07 Å². The first-order valence-corrected chi connectivity index (χ1v) is 14.8. The van der Waals surface area contributed by atoms with E-state index in [1.165, 1.54) is 42.7 Å². The molecule has 3 heterocycles. The lowest BCUT2D eigenvalue weighted by Crippen LogP contribution is -2.49. The van der Waals surface area contributed by atoms with Crippen LogP contribution in [0.3, 0.4) is 0 Å². The molecule has 1 saturated heterocycles. The summed E-state index contributed by atoms with van der Waals surface area (Å²) in [5.74, 6) is 0.137. The molecular formula is C27H29F3N6O5S. The van der Waals surface area contributed by atoms with Gasteiger partial charge in [0.25, 0.3) is 10.0 Å². The Morgan fingerprint density at radius 3 is 2.55 bits per heavy atom. The smallest absolute Gasteiger partial charge is 0.406 e. The van der Waals surface area contributed by atoms with E-state index in [9.17, 15) is 26.4 Å². The average molecular weight is 607 g/mol. The summed E-state index contributed by atoms with van der Waals surface area (Å²) in [6.07, 6.45) is 3.18. The van der Waals surface area contributed by atoms with E-state index in [0.29, 0.717) is 10.3 Å². The molecule has 3 aromatic rings. The molecule has 3 atom stereocenters. The minimum atomic E-state index is -4.75. The van der Waals surface area contributed by atoms with Gasteiger partial charge in [-0.15, -0.1) is 13.2 Å². The van der Waals surface area contributed by atoms with E-state index < -0.39 is 16.4 Å². The topological polar surface area (TPSA) is 127 Å². The number of ether oxygens (including phenoxy) is 1. The number of carbonyl (C=O) groups excluding carboxylic acids is 1. The molecule has 1 aromatic carbocycles. The summed E-state index contributed by atoms with van der Waals surface area (Å²) >= 11 is 0. The van der Waals surface area contributed by atoms with Gasteiger partial charge in [0.15, 0.2) is 5.82 Å². The fourth-order valence-electron chi connectivity index (χ4n) is 5.63. The molecule has 2 fully saturated rings. The van der Waals surface area contributed by atoms with Gasteiger partial charge in [-0.3, -0.25) is 9.69 Å². The maximum Gasteiger partial charge on any atom is 0.573 e. The van der Waals surface area contributed by atoms with Gasteiger partial charge in [0.1, 0.15) is 22.8 Å². The van der Waals surface area contributed by atoms with E-state index in [2.05, 4.69) is 29.9 Å². The maximum atomic E-state index is 13.2. The van der Waals surface area contributed by atoms with Crippen LogP contribution >= 0.6 is 0 Å². The third-order valence-electron chi connectivity index (χ3n) is 7.47. The largest absolute Gasteiger partial charge is 0.573 e. The number of sulfonamides is 1. The Morgan fingerprint density at radius 1 is 1.07 bits per heavy atom. The molecule has 0 spiro atoms. The molecule has 0 unspecified atom stereocenters. The van der Waals surface area contributed by atoms with E-state index in [0.717, 1.165) is 57.1 Å². The highest BCUT2D eigenvalue weighted by Crippen LogP contribution is 2.39. The summed E-state index contributed by atoms with van der Waals surface area (Å²) in [6.45, 7) is 1.83. The first kappa shape index (κ1) is 29.5. The van der Waals surface area contributed by atoms with Crippen LogP contribution in [-0.4, -0.2) is 66.3 Å². The summed E-state index contributed by atoms with van der Waals surface area (Å²) in [4.78, 5) is 29.8. The van der Waals surface area contributed by atoms with Gasteiger partial charge in [0, 0.05) is 30.5 Å². The molecule has 2 aromatic heterocycles. The molecule has 11 nitrogen and oxygen atoms in total. The fourth-order valence-corrected chi connectivity index (χ4v) is 6.75. The number of anilines is 2. The normalized spacial score (nSPS) is 21.5. The van der Waals surface area contributed by atoms with Gasteiger partial charge in [0.2, 0.25) is 0 Å². The second-order valence-corrected chi connectivity index (χ2v) is 11.8. The van der Waals surface area contributed by atoms with Crippen LogP contribution < -0.4 is 14.5 Å². The minimum Gasteiger partial charge on any atom is -0.406 e. The molecule has 15 heteroatoms. The van der Waals surface area contributed by atoms with Crippen LogP contribution in [0.1, 0.15) is 43.6 Å². The Labute approximate surface area is 240 Å². The average Bonchev–Trinajstić information content (AvgIpc) is 3.51. The number of nitrogens with zero attached hydrogens (tertiary/aromatic N) is 5. The van der Waals surface area contributed by atoms with Crippen LogP contribution in [0.15, 0.2) is 66.1 Å². The summed E-state index contributed by atoms with van der Waals surface area (Å²) in [7, 11) is -4.33. The highest BCUT2D eigenvalue weighted by Gasteiger charge is 2.37. The molecule has 42 heavy (non-hydrogen) atoms. The van der Waals surface area contributed by atoms with Crippen molar-refractivity contribution in [1.82, 2.24) is 19.9 Å². The molecule has 0 radical (unpaired) electrons. The second kappa shape index (κ2) is 12.5. The SMILES string of the molecule is O=CON(c1ccncn1)S(=O)(=O)c1ccc(N[C@H]2CC[C@H](c3cccc(OC(F)(F)F)c3)C[C@@H]2N2CCCC2)nc1. The molecule has 0 amide bonds. The predicted molar refractivity (Wildman–Crippen MR) is 145 cm³/mol. The van der Waals surface area contributed by atoms with Crippen LogP contribution in [-0.2, 0) is 19.7 Å². The molecule has 1 N–H and O–H groups in total. The van der Waals surface area contributed by atoms with Gasteiger partial charge >= 0.3 is 12.8 Å². The highest BCUT2D eigenvalue weighted by atomic mass is 32.2. The third kappa shape index (κ3) is 6.90. The van der Waals surface area contributed by atoms with Gasteiger partial charge in [-0.05, 0) is 80.9 Å². The van der Waals surface area contributed by atoms with Crippen molar-refractivity contribution in [2.75, 3.05) is 22.9 Å². The Hall–Kier alpha value is -3.98. The van der Waals surface area contributed by atoms with Crippen molar-refractivity contribution in [3.05, 3.63) is 66.7 Å². The lowest BCUT2D eigenvalue weighted by atomic mass is 9.78. The first-order chi connectivity index (χ1) is 20.1. The lowest BCUT2D eigenvalue weighted by Gasteiger charge is -2.42. The van der Waals surface area contributed by atoms with Gasteiger partial charge in [-0.25, -0.2) is 15.0 Å². The molecule has 0 bridgehead atoms. The van der Waals surface area contributed by atoms with E-state index in [-0.39, 0.29) is 40.9 Å². The summed E-state index contributed by atoms with van der Waals surface area (Å²) in [5, 5.41) is 3.44. The molecule has 224 valence electrons. The van der Waals surface area contributed by atoms with Crippen LogP contribution in [0.2, 0.25) is 0 Å². The van der Waals surface area contributed by atoms with Crippen molar-refractivity contribution in [2.24, 2.45) is 0 Å². The highest BCUT2D eigenvalue weighted by molar-refractivity contribution is 7.92. The van der Waals surface area contributed by atoms with Crippen LogP contribution in [0.5, 0.6) is 5.75 Å². The zero-order valence-electron chi connectivity index (χ0n) is 22.4. The first-order valence-electron chi connectivity index (χ1n) is 13.4. The van der Waals surface area contributed by atoms with Crippen molar-refractivity contribution in [3.8, 4) is 5.75 Å². The summed E-state index contributed by atoms with van der Waals surface area (Å²) in [6, 6.07) is 10.4. The number of halogens is 3. The number of hydrogen-bond acceptors (Lipinski definition) is 10. The zero-order chi connectivity index (χ0) is 29.7. The van der Waals surface area contributed by atoms with Crippen LogP contribution in [0, 0.1) is 0 Å². The third-order valence-corrected chi connectivity index (χ3v) is 9.01. The number of carbonyl (C=O) groups is 1. The number of likely N-dealkylation sites (tertiary alicyclic amines) is 1. The number of hydrogen-bond donors (Lipinski definition) is 1. The van der Waals surface area contributed by atoms with Crippen LogP contribution in [0.4, 0.5) is 24.8 Å². The monoisotopic (exact) mass is 606 g/mol. The van der Waals surface area contributed by atoms with Gasteiger partial charge < -0.3 is 14.9 Å². The maximum absolute atomic E-state index is 13.2. The van der Waals surface area contributed by atoms with E-state index in [1.54, 1.807) is 6.07 Å². The zero-order valence-corrected chi connectivity index (χ0v) is 23.2. The Balaban J connectivity index is 1.31. The van der Waals surface area contributed by atoms with Crippen LogP contribution in [0.25, 0.3) is 0 Å². The van der Waals surface area contributed by atoms with Gasteiger partial charge in [-0.1, -0.05) is 16.6 Å². The van der Waals surface area contributed by atoms with Crippen molar-refractivity contribution < 1.29 is 36.0 Å². The van der Waals surface area contributed by atoms with Crippen molar-refractivity contribution in [2.45, 2.75) is 61.4 Å². The Morgan fingerprint density at radius 2 is 1.88 bits per heavy atom. The second-order valence-electron chi connectivity index (χ2n) is 10.1. The Bertz CT molecular complexity index is 1460. The van der Waals surface area contributed by atoms with E-state index >= 15 is 0 Å². The van der Waals surface area contributed by atoms with Gasteiger partial charge in [-0.2, -0.15) is 8.42 Å². The summed E-state index contributed by atoms with van der Waals surface area (Å²) in [5.41, 5.74) is 0.804. The molecule has 5 rings (SSSR count). The fraction of sp³-hybridized carbons (Fsp3) is 0.407. The number of pyridine rings is 1. The number of benzene rings is 1. The van der Waals surface area contributed by atoms with Crippen molar-refractivity contribution in [1.29, 1.82) is 0 Å². The van der Waals surface area contributed by atoms with Gasteiger partial charge in [0.05, 0.1) is 0 Å². The molecule has 1 aliphatic carbocycles. The quantitative estimate of drug-likeness (QED) is 0.264. The number of aromatic nitrogens is 3. The lowest BCUT2D eigenvalue weighted by molar-refractivity contribution is -0.274. The standard InChI is InChI=1S/C27H29F3N6O5S/c28-27(29,30)41-21-5-3-4-19(14-21)20-6-8-23(24(15-20)35-12-1-2-13-35)34-25-9-7-22(16-32-25)42(38,39)36(40-18-37)26-10-11-31-17-33-26/h3-5,7,9-11,14,16-18,20,23-24H,1-2,6,8,12-13,15H2,(H,32,34)/t20-,23-,24-/m0/s1. The van der Waals surface area contributed by atoms with Crippen molar-refractivity contribution >= 4 is 28.1 Å². The van der Waals surface area contributed by atoms with E-state index in [4.69, 9.17) is 4.84 Å². The minimum absolute atomic E-state index is 0.0140. The van der Waals surface area contributed by atoms with Crippen molar-refractivity contribution in [3.63, 3.8) is 0 Å². The number of rotatable bonds is 10. The molecule has 1 saturated carbocycles. The molecule has 2 aliphatic rings. The predicted octanol–water partition coefficient (Wildman–Crippen LogP) is 4.27. The Kier molecular flexibility index (Phi) is 8.77. The number of nitrogens with one attached hydrogen (secondary N) is 1. The summed E-state index contributed by atoms with van der Waals surface area (Å²) < 4.78 is 69.2. The number of alkyl halides is 3. The molecular weight excluding hydrogens is 577 g/mol. The molecule has 1 aliphatic heterocycles.